The van der Waals surface area contributed by atoms with Crippen molar-refractivity contribution in [2.75, 3.05) is 13.2 Å². The number of hydrogen-bond donors (Lipinski definition) is 0. The molecule has 6 heteroatoms. The lowest BCUT2D eigenvalue weighted by Crippen LogP contribution is -2.30. The zero-order chi connectivity index (χ0) is 59.2. The second-order valence-electron chi connectivity index (χ2n) is 25.2. The van der Waals surface area contributed by atoms with E-state index in [2.05, 4.69) is 57.2 Å². The van der Waals surface area contributed by atoms with Gasteiger partial charge in [0.25, 0.3) is 0 Å². The predicted octanol–water partition coefficient (Wildman–Crippen LogP) is 25.5. The lowest BCUT2D eigenvalue weighted by atomic mass is 10.0. The van der Waals surface area contributed by atoms with Crippen LogP contribution >= 0.6 is 0 Å². The fourth-order valence-electron chi connectivity index (χ4n) is 11.3. The molecular weight excluding hydrogens is 1010 g/mol. The maximum atomic E-state index is 12.9. The van der Waals surface area contributed by atoms with Crippen molar-refractivity contribution in [2.24, 2.45) is 0 Å². The van der Waals surface area contributed by atoms with Crippen LogP contribution in [-0.4, -0.2) is 37.2 Å². The molecule has 0 aromatic heterocycles. The van der Waals surface area contributed by atoms with Gasteiger partial charge in [0.2, 0.25) is 0 Å². The predicted molar refractivity (Wildman–Crippen MR) is 358 cm³/mol. The Morgan fingerprint density at radius 2 is 0.463 bits per heavy atom. The summed E-state index contributed by atoms with van der Waals surface area (Å²) in [5, 5.41) is 0. The van der Waals surface area contributed by atoms with Gasteiger partial charge in [-0.05, 0) is 70.6 Å². The van der Waals surface area contributed by atoms with Gasteiger partial charge in [-0.1, -0.05) is 359 Å². The van der Waals surface area contributed by atoms with Crippen molar-refractivity contribution < 1.29 is 28.6 Å². The Labute approximate surface area is 512 Å². The van der Waals surface area contributed by atoms with E-state index in [1.54, 1.807) is 0 Å². The molecule has 0 fully saturated rings. The van der Waals surface area contributed by atoms with E-state index in [-0.39, 0.29) is 31.1 Å². The molecule has 0 saturated heterocycles. The summed E-state index contributed by atoms with van der Waals surface area (Å²) in [6.45, 7) is 6.64. The summed E-state index contributed by atoms with van der Waals surface area (Å²) in [5.41, 5.74) is 0. The molecule has 0 bridgehead atoms. The van der Waals surface area contributed by atoms with Gasteiger partial charge in [-0.15, -0.1) is 0 Å². The number of esters is 3. The molecule has 0 aliphatic carbocycles. The highest BCUT2D eigenvalue weighted by Gasteiger charge is 2.19. The number of allylic oxidation sites excluding steroid dienone is 6. The zero-order valence-corrected chi connectivity index (χ0v) is 55.5. The maximum absolute atomic E-state index is 12.9. The average Bonchev–Trinajstić information content (AvgIpc) is 3.47. The first kappa shape index (κ1) is 79.6. The van der Waals surface area contributed by atoms with E-state index in [1.165, 1.54) is 295 Å². The third-order valence-corrected chi connectivity index (χ3v) is 16.8. The molecule has 82 heavy (non-hydrogen) atoms. The van der Waals surface area contributed by atoms with Crippen LogP contribution in [0.3, 0.4) is 0 Å². The fraction of sp³-hybridized carbons (Fsp3) is 0.882. The summed E-state index contributed by atoms with van der Waals surface area (Å²) in [7, 11) is 0. The van der Waals surface area contributed by atoms with Crippen molar-refractivity contribution in [2.45, 2.75) is 419 Å². The van der Waals surface area contributed by atoms with Gasteiger partial charge in [-0.3, -0.25) is 14.4 Å². The van der Waals surface area contributed by atoms with Crippen LogP contribution < -0.4 is 0 Å². The molecule has 1 unspecified atom stereocenters. The van der Waals surface area contributed by atoms with Gasteiger partial charge < -0.3 is 14.2 Å². The van der Waals surface area contributed by atoms with E-state index in [0.29, 0.717) is 19.3 Å². The Morgan fingerprint density at radius 3 is 0.732 bits per heavy atom. The molecule has 0 aromatic rings. The first-order chi connectivity index (χ1) is 40.5. The van der Waals surface area contributed by atoms with Crippen molar-refractivity contribution in [3.05, 3.63) is 36.5 Å². The minimum Gasteiger partial charge on any atom is -0.462 e. The van der Waals surface area contributed by atoms with Gasteiger partial charge in [0.05, 0.1) is 0 Å². The quantitative estimate of drug-likeness (QED) is 0.0261. The third-order valence-electron chi connectivity index (χ3n) is 16.8. The molecule has 1 atom stereocenters. The number of carbonyl (C=O) groups excluding carboxylic acids is 3. The maximum Gasteiger partial charge on any atom is 0.306 e. The van der Waals surface area contributed by atoms with Gasteiger partial charge in [-0.25, -0.2) is 0 Å². The molecule has 0 aliphatic rings. The Bertz CT molecular complexity index is 1370. The van der Waals surface area contributed by atoms with Crippen LogP contribution in [0.4, 0.5) is 0 Å². The lowest BCUT2D eigenvalue weighted by Gasteiger charge is -2.18. The van der Waals surface area contributed by atoms with Crippen LogP contribution in [0.5, 0.6) is 0 Å². The van der Waals surface area contributed by atoms with Crippen LogP contribution in [0.2, 0.25) is 0 Å². The summed E-state index contributed by atoms with van der Waals surface area (Å²) in [6.07, 6.45) is 89.2. The molecule has 482 valence electrons. The molecule has 0 aromatic carbocycles. The van der Waals surface area contributed by atoms with Crippen molar-refractivity contribution in [1.82, 2.24) is 0 Å². The fourth-order valence-corrected chi connectivity index (χ4v) is 11.3. The van der Waals surface area contributed by atoms with E-state index in [9.17, 15) is 14.4 Å². The second-order valence-corrected chi connectivity index (χ2v) is 25.2. The summed E-state index contributed by atoms with van der Waals surface area (Å²) < 4.78 is 17.0. The van der Waals surface area contributed by atoms with Crippen LogP contribution in [0.25, 0.3) is 0 Å². The summed E-state index contributed by atoms with van der Waals surface area (Å²) in [4.78, 5) is 38.3. The lowest BCUT2D eigenvalue weighted by molar-refractivity contribution is -0.167. The topological polar surface area (TPSA) is 78.9 Å². The SMILES string of the molecule is CCC/C=C\CCCCCCCC(=O)OCC(COC(=O)CCCCCCCCCCCCCCCCCCCCCCC/C=C\C/C=C\CCCCCCC)OC(=O)CCCCCCCCCCCCCCCCCCCCCCC. The van der Waals surface area contributed by atoms with E-state index in [1.807, 2.05) is 0 Å². The second kappa shape index (κ2) is 71.1. The average molecular weight is 1150 g/mol. The molecule has 0 spiro atoms. The molecule has 0 N–H and O–H groups in total. The van der Waals surface area contributed by atoms with Crippen molar-refractivity contribution >= 4 is 17.9 Å². The normalized spacial score (nSPS) is 12.2. The minimum absolute atomic E-state index is 0.0684. The molecule has 0 aliphatic heterocycles. The molecule has 0 amide bonds. The highest BCUT2D eigenvalue weighted by molar-refractivity contribution is 5.71. The first-order valence-corrected chi connectivity index (χ1v) is 37.0. The number of carbonyl (C=O) groups is 3. The molecule has 0 heterocycles. The van der Waals surface area contributed by atoms with Crippen LogP contribution in [0.1, 0.15) is 412 Å². The number of hydrogen-bond acceptors (Lipinski definition) is 6. The van der Waals surface area contributed by atoms with Gasteiger partial charge in [0.1, 0.15) is 13.2 Å². The van der Waals surface area contributed by atoms with Gasteiger partial charge >= 0.3 is 17.9 Å². The summed E-state index contributed by atoms with van der Waals surface area (Å²) >= 11 is 0. The molecule has 0 radical (unpaired) electrons. The Morgan fingerprint density at radius 1 is 0.244 bits per heavy atom. The van der Waals surface area contributed by atoms with Crippen LogP contribution in [-0.2, 0) is 28.6 Å². The summed E-state index contributed by atoms with van der Waals surface area (Å²) in [6, 6.07) is 0. The zero-order valence-electron chi connectivity index (χ0n) is 55.5. The van der Waals surface area contributed by atoms with E-state index >= 15 is 0 Å². The molecule has 0 rings (SSSR count). The molecule has 0 saturated carbocycles. The monoisotopic (exact) mass is 1150 g/mol. The van der Waals surface area contributed by atoms with E-state index < -0.39 is 6.10 Å². The van der Waals surface area contributed by atoms with Crippen LogP contribution in [0, 0.1) is 0 Å². The molecule has 6 nitrogen and oxygen atoms in total. The Kier molecular flexibility index (Phi) is 69.1. The largest absolute Gasteiger partial charge is 0.462 e. The van der Waals surface area contributed by atoms with E-state index in [4.69, 9.17) is 14.2 Å². The summed E-state index contributed by atoms with van der Waals surface area (Å²) in [5.74, 6) is -0.849. The third kappa shape index (κ3) is 68.4. The number of rotatable bonds is 69. The van der Waals surface area contributed by atoms with Gasteiger partial charge in [-0.2, -0.15) is 0 Å². The molecular formula is C76H142O6. The van der Waals surface area contributed by atoms with Gasteiger partial charge in [0.15, 0.2) is 6.10 Å². The van der Waals surface area contributed by atoms with Crippen molar-refractivity contribution in [1.29, 1.82) is 0 Å². The van der Waals surface area contributed by atoms with Crippen molar-refractivity contribution in [3.63, 3.8) is 0 Å². The number of ether oxygens (including phenoxy) is 3. The van der Waals surface area contributed by atoms with E-state index in [0.717, 1.165) is 77.0 Å². The standard InChI is InChI=1S/C76H142O6/c1-4-7-10-13-16-19-22-24-26-28-30-32-33-34-35-36-37-38-39-40-41-42-43-45-46-48-50-52-54-57-60-63-66-69-75(78)81-72-73(71-80-74(77)68-65-62-59-56-21-18-15-12-9-6-3)82-76(79)70-67-64-61-58-55-53-51-49-47-44-31-29-27-25-23-20-17-14-11-8-5-2/h12,15,22,24,28,30,73H,4-11,13-14,16-21,23,25-27,29,31-72H2,1-3H3/b15-12-,24-22-,30-28-. The Hall–Kier alpha value is -2.37. The first-order valence-electron chi connectivity index (χ1n) is 37.0. The smallest absolute Gasteiger partial charge is 0.306 e. The van der Waals surface area contributed by atoms with Crippen LogP contribution in [0.15, 0.2) is 36.5 Å². The highest BCUT2D eigenvalue weighted by Crippen LogP contribution is 2.19. The Balaban J connectivity index is 4.05. The number of unbranched alkanes of at least 4 members (excludes halogenated alkanes) is 52. The highest BCUT2D eigenvalue weighted by atomic mass is 16.6. The van der Waals surface area contributed by atoms with Crippen molar-refractivity contribution in [3.8, 4) is 0 Å². The minimum atomic E-state index is -0.772. The van der Waals surface area contributed by atoms with Gasteiger partial charge in [0, 0.05) is 19.3 Å².